The minimum Gasteiger partial charge on any atom is -0.495 e. The van der Waals surface area contributed by atoms with Crippen LogP contribution in [0.2, 0.25) is 0 Å². The third-order valence-corrected chi connectivity index (χ3v) is 3.72. The van der Waals surface area contributed by atoms with Gasteiger partial charge in [0, 0.05) is 6.54 Å². The van der Waals surface area contributed by atoms with Crippen molar-refractivity contribution in [1.82, 2.24) is 4.90 Å². The molecule has 0 bridgehead atoms. The Morgan fingerprint density at radius 1 is 1.41 bits per heavy atom. The summed E-state index contributed by atoms with van der Waals surface area (Å²) in [5.74, 6) is -1.17. The van der Waals surface area contributed by atoms with Crippen molar-refractivity contribution >= 4 is 11.6 Å². The van der Waals surface area contributed by atoms with Gasteiger partial charge in [-0.3, -0.25) is 9.69 Å². The van der Waals surface area contributed by atoms with Gasteiger partial charge in [-0.1, -0.05) is 12.1 Å². The number of carbonyl (C=O) groups excluding carboxylic acids is 1. The lowest BCUT2D eigenvalue weighted by molar-refractivity contribution is -0.186. The second kappa shape index (κ2) is 7.00. The Kier molecular flexibility index (Phi) is 5.28. The molecule has 1 aliphatic rings. The van der Waals surface area contributed by atoms with Gasteiger partial charge in [0.05, 0.1) is 25.3 Å². The Morgan fingerprint density at radius 3 is 2.82 bits per heavy atom. The third-order valence-electron chi connectivity index (χ3n) is 3.72. The maximum Gasteiger partial charge on any atom is 0.393 e. The molecule has 1 N–H and O–H groups in total. The zero-order valence-electron chi connectivity index (χ0n) is 12.3. The van der Waals surface area contributed by atoms with Crippen LogP contribution in [-0.4, -0.2) is 43.7 Å². The van der Waals surface area contributed by atoms with Crippen LogP contribution in [0, 0.1) is 5.92 Å². The molecular weight excluding hydrogens is 297 g/mol. The highest BCUT2D eigenvalue weighted by Gasteiger charge is 2.41. The van der Waals surface area contributed by atoms with Crippen molar-refractivity contribution in [2.24, 2.45) is 5.92 Å². The van der Waals surface area contributed by atoms with E-state index in [2.05, 4.69) is 5.32 Å². The number of ether oxygens (including phenoxy) is 1. The summed E-state index contributed by atoms with van der Waals surface area (Å²) >= 11 is 0. The smallest absolute Gasteiger partial charge is 0.393 e. The average molecular weight is 316 g/mol. The number of rotatable bonds is 4. The summed E-state index contributed by atoms with van der Waals surface area (Å²) in [5, 5.41) is 2.68. The summed E-state index contributed by atoms with van der Waals surface area (Å²) in [6, 6.07) is 6.91. The summed E-state index contributed by atoms with van der Waals surface area (Å²) in [6.45, 7) is 0.333. The first-order valence-corrected chi connectivity index (χ1v) is 7.12. The summed E-state index contributed by atoms with van der Waals surface area (Å²) in [5.41, 5.74) is 0.513. The van der Waals surface area contributed by atoms with E-state index >= 15 is 0 Å². The van der Waals surface area contributed by atoms with Crippen LogP contribution in [0.25, 0.3) is 0 Å². The molecule has 0 spiro atoms. The van der Waals surface area contributed by atoms with E-state index in [1.165, 1.54) is 7.11 Å². The number of para-hydroxylation sites is 2. The third kappa shape index (κ3) is 4.37. The molecule has 1 atom stereocenters. The van der Waals surface area contributed by atoms with E-state index in [1.807, 2.05) is 0 Å². The number of carbonyl (C=O) groups is 1. The van der Waals surface area contributed by atoms with Crippen molar-refractivity contribution in [2.45, 2.75) is 19.0 Å². The number of nitrogens with one attached hydrogen (secondary N) is 1. The highest BCUT2D eigenvalue weighted by molar-refractivity contribution is 5.93. The molecule has 1 aliphatic heterocycles. The maximum atomic E-state index is 12.8. The van der Waals surface area contributed by atoms with Gasteiger partial charge in [-0.2, -0.15) is 13.2 Å². The van der Waals surface area contributed by atoms with Gasteiger partial charge < -0.3 is 10.1 Å². The van der Waals surface area contributed by atoms with E-state index in [-0.39, 0.29) is 25.4 Å². The first-order valence-electron chi connectivity index (χ1n) is 7.12. The minimum absolute atomic E-state index is 0.0510. The van der Waals surface area contributed by atoms with Crippen LogP contribution in [-0.2, 0) is 4.79 Å². The number of likely N-dealkylation sites (tertiary alicyclic amines) is 1. The van der Waals surface area contributed by atoms with Crippen LogP contribution >= 0.6 is 0 Å². The van der Waals surface area contributed by atoms with Crippen LogP contribution in [0.5, 0.6) is 5.75 Å². The van der Waals surface area contributed by atoms with E-state index < -0.39 is 12.1 Å². The number of hydrogen-bond acceptors (Lipinski definition) is 3. The predicted molar refractivity (Wildman–Crippen MR) is 76.8 cm³/mol. The monoisotopic (exact) mass is 316 g/mol. The van der Waals surface area contributed by atoms with Gasteiger partial charge in [0.25, 0.3) is 0 Å². The van der Waals surface area contributed by atoms with Crippen LogP contribution in [0.15, 0.2) is 24.3 Å². The number of halogens is 3. The summed E-state index contributed by atoms with van der Waals surface area (Å²) in [4.78, 5) is 13.6. The van der Waals surface area contributed by atoms with Crippen molar-refractivity contribution in [3.05, 3.63) is 24.3 Å². The van der Waals surface area contributed by atoms with E-state index in [0.29, 0.717) is 24.4 Å². The predicted octanol–water partition coefficient (Wildman–Crippen LogP) is 2.91. The van der Waals surface area contributed by atoms with Crippen molar-refractivity contribution in [1.29, 1.82) is 0 Å². The number of methoxy groups -OCH3 is 1. The molecule has 0 aromatic heterocycles. The molecule has 22 heavy (non-hydrogen) atoms. The number of benzene rings is 1. The van der Waals surface area contributed by atoms with E-state index in [0.717, 1.165) is 0 Å². The average Bonchev–Trinajstić information content (AvgIpc) is 2.47. The molecule has 0 aliphatic carbocycles. The number of piperidine rings is 1. The van der Waals surface area contributed by atoms with Gasteiger partial charge in [0.2, 0.25) is 5.91 Å². The Morgan fingerprint density at radius 2 is 2.14 bits per heavy atom. The molecular formula is C15H19F3N2O2. The van der Waals surface area contributed by atoms with Crippen LogP contribution in [0.3, 0.4) is 0 Å². The first-order chi connectivity index (χ1) is 10.4. The Balaban J connectivity index is 1.92. The second-order valence-corrected chi connectivity index (χ2v) is 5.36. The van der Waals surface area contributed by atoms with E-state index in [1.54, 1.807) is 29.2 Å². The fraction of sp³-hybridized carbons (Fsp3) is 0.533. The van der Waals surface area contributed by atoms with Crippen LogP contribution < -0.4 is 10.1 Å². The van der Waals surface area contributed by atoms with Gasteiger partial charge >= 0.3 is 6.18 Å². The van der Waals surface area contributed by atoms with Crippen molar-refractivity contribution in [3.8, 4) is 5.75 Å². The summed E-state index contributed by atoms with van der Waals surface area (Å²) in [7, 11) is 1.49. The van der Waals surface area contributed by atoms with Gasteiger partial charge in [-0.15, -0.1) is 0 Å². The molecule has 1 unspecified atom stereocenters. The van der Waals surface area contributed by atoms with Crippen molar-refractivity contribution in [2.75, 3.05) is 32.1 Å². The first kappa shape index (κ1) is 16.6. The largest absolute Gasteiger partial charge is 0.495 e. The molecule has 2 rings (SSSR count). The lowest BCUT2D eigenvalue weighted by Crippen LogP contribution is -2.44. The highest BCUT2D eigenvalue weighted by atomic mass is 19.4. The highest BCUT2D eigenvalue weighted by Crippen LogP contribution is 2.33. The molecule has 1 saturated heterocycles. The molecule has 1 aromatic carbocycles. The molecule has 1 amide bonds. The van der Waals surface area contributed by atoms with Gasteiger partial charge in [0.1, 0.15) is 5.75 Å². The molecule has 1 aromatic rings. The second-order valence-electron chi connectivity index (χ2n) is 5.36. The molecule has 0 radical (unpaired) electrons. The standard InChI is InChI=1S/C15H19F3N2O2/c1-22-13-7-3-2-6-12(13)19-14(21)10-20-8-4-5-11(9-20)15(16,17)18/h2-3,6-7,11H,4-5,8-10H2,1H3,(H,19,21). The van der Waals surface area contributed by atoms with Gasteiger partial charge in [-0.05, 0) is 31.5 Å². The number of amides is 1. The fourth-order valence-electron chi connectivity index (χ4n) is 2.61. The van der Waals surface area contributed by atoms with Gasteiger partial charge in [0.15, 0.2) is 0 Å². The molecule has 122 valence electrons. The normalized spacial score (nSPS) is 19.7. The SMILES string of the molecule is COc1ccccc1NC(=O)CN1CCCC(C(F)(F)F)C1. The van der Waals surface area contributed by atoms with Crippen LogP contribution in [0.4, 0.5) is 18.9 Å². The zero-order chi connectivity index (χ0) is 16.2. The Hall–Kier alpha value is -1.76. The molecule has 4 nitrogen and oxygen atoms in total. The molecule has 1 fully saturated rings. The Bertz CT molecular complexity index is 520. The van der Waals surface area contributed by atoms with Crippen molar-refractivity contribution in [3.63, 3.8) is 0 Å². The lowest BCUT2D eigenvalue weighted by Gasteiger charge is -2.33. The van der Waals surface area contributed by atoms with Crippen LogP contribution in [0.1, 0.15) is 12.8 Å². The zero-order valence-corrected chi connectivity index (χ0v) is 12.3. The Labute approximate surface area is 127 Å². The maximum absolute atomic E-state index is 12.8. The minimum atomic E-state index is -4.20. The fourth-order valence-corrected chi connectivity index (χ4v) is 2.61. The molecule has 0 saturated carbocycles. The summed E-state index contributed by atoms with van der Waals surface area (Å²) in [6.07, 6.45) is -3.61. The van der Waals surface area contributed by atoms with Crippen molar-refractivity contribution < 1.29 is 22.7 Å². The quantitative estimate of drug-likeness (QED) is 0.928. The molecule has 1 heterocycles. The number of anilines is 1. The topological polar surface area (TPSA) is 41.6 Å². The van der Waals surface area contributed by atoms with Gasteiger partial charge in [-0.25, -0.2) is 0 Å². The lowest BCUT2D eigenvalue weighted by atomic mass is 9.97. The number of hydrogen-bond donors (Lipinski definition) is 1. The number of alkyl halides is 3. The van der Waals surface area contributed by atoms with E-state index in [4.69, 9.17) is 4.74 Å². The summed E-state index contributed by atoms with van der Waals surface area (Å²) < 4.78 is 43.4. The number of nitrogens with zero attached hydrogens (tertiary/aromatic N) is 1. The van der Waals surface area contributed by atoms with E-state index in [9.17, 15) is 18.0 Å². The molecule has 7 heteroatoms.